The Morgan fingerprint density at radius 2 is 1.67 bits per heavy atom. The highest BCUT2D eigenvalue weighted by Gasteiger charge is 2.30. The number of ether oxygens (including phenoxy) is 1. The predicted molar refractivity (Wildman–Crippen MR) is 74.1 cm³/mol. The number of hydrogen-bond donors (Lipinski definition) is 0. The highest BCUT2D eigenvalue weighted by molar-refractivity contribution is 14.1. The second kappa shape index (κ2) is 7.66. The van der Waals surface area contributed by atoms with E-state index in [1.807, 2.05) is 0 Å². The van der Waals surface area contributed by atoms with Crippen LogP contribution in [0.3, 0.4) is 0 Å². The molecule has 0 amide bonds. The fourth-order valence-electron chi connectivity index (χ4n) is 1.41. The van der Waals surface area contributed by atoms with Crippen LogP contribution in [-0.2, 0) is 6.42 Å². The Hall–Kier alpha value is -0.720. The van der Waals surface area contributed by atoms with Crippen molar-refractivity contribution in [1.29, 1.82) is 0 Å². The zero-order chi connectivity index (χ0) is 13.4. The Morgan fingerprint density at radius 3 is 2.22 bits per heavy atom. The van der Waals surface area contributed by atoms with E-state index in [1.165, 1.54) is 12.1 Å². The second-order valence-electron chi connectivity index (χ2n) is 3.68. The van der Waals surface area contributed by atoms with Crippen LogP contribution < -0.4 is 4.74 Å². The van der Waals surface area contributed by atoms with Crippen molar-refractivity contribution < 1.29 is 17.9 Å². The van der Waals surface area contributed by atoms with E-state index in [0.717, 1.165) is 29.3 Å². The van der Waals surface area contributed by atoms with E-state index in [-0.39, 0.29) is 5.75 Å². The van der Waals surface area contributed by atoms with E-state index in [1.54, 1.807) is 12.1 Å². The first-order chi connectivity index (χ1) is 8.51. The van der Waals surface area contributed by atoms with Crippen molar-refractivity contribution in [3.05, 3.63) is 42.0 Å². The summed E-state index contributed by atoms with van der Waals surface area (Å²) in [5.41, 5.74) is 1.00. The molecule has 0 unspecified atom stereocenters. The van der Waals surface area contributed by atoms with Gasteiger partial charge in [0.25, 0.3) is 0 Å². The fraction of sp³-hybridized carbons (Fsp3) is 0.385. The van der Waals surface area contributed by atoms with Crippen LogP contribution in [0.4, 0.5) is 13.2 Å². The molecular weight excluding hydrogens is 356 g/mol. The average Bonchev–Trinajstić information content (AvgIpc) is 2.29. The molecule has 1 nitrogen and oxygen atoms in total. The van der Waals surface area contributed by atoms with Gasteiger partial charge >= 0.3 is 6.36 Å². The van der Waals surface area contributed by atoms with Crippen LogP contribution in [0, 0.1) is 0 Å². The molecule has 0 atom stereocenters. The SMILES string of the molecule is FC(F)(F)Oc1ccc(CCC=CCCI)cc1. The molecule has 0 saturated heterocycles. The summed E-state index contributed by atoms with van der Waals surface area (Å²) >= 11 is 2.31. The third-order valence-corrected chi connectivity index (χ3v) is 2.82. The standard InChI is InChI=1S/C13H14F3IO/c14-13(15,16)18-12-8-6-11(7-9-12)5-3-1-2-4-10-17/h1-2,6-9H,3-5,10H2. The number of rotatable bonds is 6. The average molecular weight is 370 g/mol. The fourth-order valence-corrected chi connectivity index (χ4v) is 1.77. The van der Waals surface area contributed by atoms with Gasteiger partial charge in [0, 0.05) is 4.43 Å². The van der Waals surface area contributed by atoms with Crippen LogP contribution >= 0.6 is 22.6 Å². The molecule has 0 radical (unpaired) electrons. The molecule has 100 valence electrons. The third-order valence-electron chi connectivity index (χ3n) is 2.20. The van der Waals surface area contributed by atoms with Crippen molar-refractivity contribution in [3.8, 4) is 5.75 Å². The quantitative estimate of drug-likeness (QED) is 0.393. The Labute approximate surface area is 118 Å². The number of aryl methyl sites for hydroxylation is 1. The highest BCUT2D eigenvalue weighted by Crippen LogP contribution is 2.22. The molecule has 0 aliphatic rings. The summed E-state index contributed by atoms with van der Waals surface area (Å²) in [5.74, 6) is -0.174. The lowest BCUT2D eigenvalue weighted by Crippen LogP contribution is -2.17. The Kier molecular flexibility index (Phi) is 6.52. The number of halogens is 4. The molecule has 0 aliphatic carbocycles. The summed E-state index contributed by atoms with van der Waals surface area (Å²) in [6.45, 7) is 0. The monoisotopic (exact) mass is 370 g/mol. The molecular formula is C13H14F3IO. The minimum absolute atomic E-state index is 0.174. The lowest BCUT2D eigenvalue weighted by molar-refractivity contribution is -0.274. The van der Waals surface area contributed by atoms with Gasteiger partial charge < -0.3 is 4.74 Å². The normalized spacial score (nSPS) is 12.0. The molecule has 1 aromatic carbocycles. The number of benzene rings is 1. The molecule has 5 heteroatoms. The molecule has 0 N–H and O–H groups in total. The molecule has 0 spiro atoms. The van der Waals surface area contributed by atoms with Crippen molar-refractivity contribution in [2.75, 3.05) is 4.43 Å². The molecule has 0 aromatic heterocycles. The van der Waals surface area contributed by atoms with E-state index >= 15 is 0 Å². The number of hydrogen-bond acceptors (Lipinski definition) is 1. The minimum atomic E-state index is -4.62. The van der Waals surface area contributed by atoms with Gasteiger partial charge in [0.2, 0.25) is 0 Å². The maximum Gasteiger partial charge on any atom is 0.573 e. The minimum Gasteiger partial charge on any atom is -0.406 e. The predicted octanol–water partition coefficient (Wildman–Crippen LogP) is 4.90. The van der Waals surface area contributed by atoms with Gasteiger partial charge in [-0.15, -0.1) is 13.2 Å². The largest absolute Gasteiger partial charge is 0.573 e. The zero-order valence-electron chi connectivity index (χ0n) is 9.71. The summed E-state index contributed by atoms with van der Waals surface area (Å²) in [6, 6.07) is 6.01. The van der Waals surface area contributed by atoms with Crippen molar-refractivity contribution in [2.24, 2.45) is 0 Å². The van der Waals surface area contributed by atoms with E-state index in [4.69, 9.17) is 0 Å². The van der Waals surface area contributed by atoms with Crippen molar-refractivity contribution in [2.45, 2.75) is 25.6 Å². The van der Waals surface area contributed by atoms with Crippen LogP contribution in [-0.4, -0.2) is 10.8 Å². The summed E-state index contributed by atoms with van der Waals surface area (Å²) in [5, 5.41) is 0. The van der Waals surface area contributed by atoms with Gasteiger partial charge in [-0.3, -0.25) is 0 Å². The zero-order valence-corrected chi connectivity index (χ0v) is 11.9. The lowest BCUT2D eigenvalue weighted by atomic mass is 10.1. The maximum absolute atomic E-state index is 11.9. The number of alkyl halides is 4. The first-order valence-electron chi connectivity index (χ1n) is 5.57. The first-order valence-corrected chi connectivity index (χ1v) is 7.09. The molecule has 0 heterocycles. The van der Waals surface area contributed by atoms with E-state index < -0.39 is 6.36 Å². The highest BCUT2D eigenvalue weighted by atomic mass is 127. The second-order valence-corrected chi connectivity index (χ2v) is 4.76. The molecule has 0 aliphatic heterocycles. The van der Waals surface area contributed by atoms with Crippen LogP contribution in [0.5, 0.6) is 5.75 Å². The van der Waals surface area contributed by atoms with Crippen LogP contribution in [0.1, 0.15) is 18.4 Å². The molecule has 1 rings (SSSR count). The Balaban J connectivity index is 2.41. The van der Waals surface area contributed by atoms with Crippen molar-refractivity contribution in [3.63, 3.8) is 0 Å². The van der Waals surface area contributed by atoms with E-state index in [9.17, 15) is 13.2 Å². The van der Waals surface area contributed by atoms with Gasteiger partial charge in [-0.25, -0.2) is 0 Å². The van der Waals surface area contributed by atoms with Gasteiger partial charge in [-0.1, -0.05) is 46.9 Å². The van der Waals surface area contributed by atoms with Gasteiger partial charge in [0.15, 0.2) is 0 Å². The molecule has 1 aromatic rings. The van der Waals surface area contributed by atoms with Crippen LogP contribution in [0.25, 0.3) is 0 Å². The van der Waals surface area contributed by atoms with Crippen molar-refractivity contribution >= 4 is 22.6 Å². The van der Waals surface area contributed by atoms with Gasteiger partial charge in [-0.2, -0.15) is 0 Å². The topological polar surface area (TPSA) is 9.23 Å². The third kappa shape index (κ3) is 6.88. The van der Waals surface area contributed by atoms with Crippen LogP contribution in [0.2, 0.25) is 0 Å². The number of allylic oxidation sites excluding steroid dienone is 2. The lowest BCUT2D eigenvalue weighted by Gasteiger charge is -2.08. The smallest absolute Gasteiger partial charge is 0.406 e. The molecule has 18 heavy (non-hydrogen) atoms. The van der Waals surface area contributed by atoms with Gasteiger partial charge in [0.1, 0.15) is 5.75 Å². The van der Waals surface area contributed by atoms with Crippen LogP contribution in [0.15, 0.2) is 36.4 Å². The summed E-state index contributed by atoms with van der Waals surface area (Å²) in [4.78, 5) is 0. The van der Waals surface area contributed by atoms with E-state index in [2.05, 4.69) is 39.5 Å². The summed E-state index contributed by atoms with van der Waals surface area (Å²) < 4.78 is 40.7. The molecule has 0 saturated carbocycles. The van der Waals surface area contributed by atoms with Crippen molar-refractivity contribution in [1.82, 2.24) is 0 Å². The summed E-state index contributed by atoms with van der Waals surface area (Å²) in [7, 11) is 0. The summed E-state index contributed by atoms with van der Waals surface area (Å²) in [6.07, 6.45) is 2.37. The van der Waals surface area contributed by atoms with E-state index in [0.29, 0.717) is 0 Å². The Bertz CT molecular complexity index is 371. The maximum atomic E-state index is 11.9. The van der Waals surface area contributed by atoms with Gasteiger partial charge in [0.05, 0.1) is 0 Å². The molecule has 0 bridgehead atoms. The first kappa shape index (κ1) is 15.3. The Morgan fingerprint density at radius 1 is 1.06 bits per heavy atom. The van der Waals surface area contributed by atoms with Gasteiger partial charge in [-0.05, 0) is 37.0 Å². The molecule has 0 fully saturated rings.